The van der Waals surface area contributed by atoms with Crippen LogP contribution in [-0.2, 0) is 12.7 Å². The lowest BCUT2D eigenvalue weighted by molar-refractivity contribution is -0.141. The van der Waals surface area contributed by atoms with Crippen LogP contribution in [0.5, 0.6) is 0 Å². The van der Waals surface area contributed by atoms with Gasteiger partial charge in [-0.05, 0) is 49.0 Å². The molecule has 0 aliphatic carbocycles. The first kappa shape index (κ1) is 14.5. The summed E-state index contributed by atoms with van der Waals surface area (Å²) in [6.07, 6.45) is -3.23. The molecule has 20 heavy (non-hydrogen) atoms. The van der Waals surface area contributed by atoms with Crippen molar-refractivity contribution >= 4 is 0 Å². The van der Waals surface area contributed by atoms with Crippen molar-refractivity contribution in [3.05, 3.63) is 53.9 Å². The molecule has 1 aromatic heterocycles. The van der Waals surface area contributed by atoms with Gasteiger partial charge in [-0.25, -0.2) is 0 Å². The topological polar surface area (TPSA) is 16.1 Å². The van der Waals surface area contributed by atoms with E-state index in [-0.39, 0.29) is 0 Å². The van der Waals surface area contributed by atoms with Crippen LogP contribution < -0.4 is 0 Å². The largest absolute Gasteiger partial charge is 0.433 e. The van der Waals surface area contributed by atoms with Gasteiger partial charge in [0, 0.05) is 12.7 Å². The fraction of sp³-hybridized carbons (Fsp3) is 0.267. The predicted molar refractivity (Wildman–Crippen MR) is 72.1 cm³/mol. The summed E-state index contributed by atoms with van der Waals surface area (Å²) in [6.45, 7) is 0.741. The van der Waals surface area contributed by atoms with Crippen LogP contribution in [0.4, 0.5) is 13.2 Å². The molecule has 0 spiro atoms. The van der Waals surface area contributed by atoms with Gasteiger partial charge in [-0.3, -0.25) is 4.98 Å². The Hall–Kier alpha value is -1.88. The summed E-state index contributed by atoms with van der Waals surface area (Å²) in [7, 11) is 3.89. The highest BCUT2D eigenvalue weighted by Crippen LogP contribution is 2.30. The summed E-state index contributed by atoms with van der Waals surface area (Å²) in [4.78, 5) is 5.38. The highest BCUT2D eigenvalue weighted by Gasteiger charge is 2.32. The normalized spacial score (nSPS) is 11.9. The third-order valence-electron chi connectivity index (χ3n) is 2.81. The first-order valence-corrected chi connectivity index (χ1v) is 6.13. The fourth-order valence-corrected chi connectivity index (χ4v) is 1.98. The Morgan fingerprint density at radius 2 is 1.75 bits per heavy atom. The summed E-state index contributed by atoms with van der Waals surface area (Å²) in [6, 6.07) is 10.2. The Bertz CT molecular complexity index is 592. The molecule has 0 saturated carbocycles. The summed E-state index contributed by atoms with van der Waals surface area (Å²) in [5.41, 5.74) is 1.47. The van der Waals surface area contributed by atoms with Crippen molar-refractivity contribution in [2.45, 2.75) is 12.7 Å². The molecule has 0 aliphatic rings. The van der Waals surface area contributed by atoms with E-state index in [2.05, 4.69) is 4.98 Å². The maximum Gasteiger partial charge on any atom is 0.433 e. The molecule has 1 aromatic carbocycles. The van der Waals surface area contributed by atoms with Crippen molar-refractivity contribution in [2.75, 3.05) is 14.1 Å². The average Bonchev–Trinajstić information content (AvgIpc) is 2.37. The minimum Gasteiger partial charge on any atom is -0.305 e. The number of hydrogen-bond acceptors (Lipinski definition) is 2. The van der Waals surface area contributed by atoms with Gasteiger partial charge in [0.2, 0.25) is 0 Å². The summed E-state index contributed by atoms with van der Waals surface area (Å²) in [5.74, 6) is 0. The molecule has 0 radical (unpaired) electrons. The van der Waals surface area contributed by atoms with Crippen LogP contribution in [0.3, 0.4) is 0 Å². The zero-order chi connectivity index (χ0) is 14.8. The molecule has 0 bridgehead atoms. The van der Waals surface area contributed by atoms with Gasteiger partial charge in [-0.2, -0.15) is 13.2 Å². The molecule has 0 amide bonds. The molecule has 0 atom stereocenters. The Kier molecular flexibility index (Phi) is 4.09. The lowest BCUT2D eigenvalue weighted by Crippen LogP contribution is -2.10. The Balaban J connectivity index is 2.36. The molecule has 0 fully saturated rings. The third kappa shape index (κ3) is 3.57. The van der Waals surface area contributed by atoms with Crippen LogP contribution >= 0.6 is 0 Å². The smallest absolute Gasteiger partial charge is 0.305 e. The van der Waals surface area contributed by atoms with Gasteiger partial charge >= 0.3 is 6.18 Å². The number of pyridine rings is 1. The average molecular weight is 280 g/mol. The van der Waals surface area contributed by atoms with Gasteiger partial charge < -0.3 is 4.90 Å². The van der Waals surface area contributed by atoms with Crippen molar-refractivity contribution < 1.29 is 13.2 Å². The molecule has 0 aliphatic heterocycles. The molecule has 2 aromatic rings. The van der Waals surface area contributed by atoms with E-state index >= 15 is 0 Å². The van der Waals surface area contributed by atoms with Crippen LogP contribution in [0.15, 0.2) is 42.6 Å². The van der Waals surface area contributed by atoms with Crippen LogP contribution in [0, 0.1) is 0 Å². The van der Waals surface area contributed by atoms with E-state index < -0.39 is 11.9 Å². The maximum atomic E-state index is 12.7. The highest BCUT2D eigenvalue weighted by atomic mass is 19.4. The van der Waals surface area contributed by atoms with E-state index in [0.29, 0.717) is 5.56 Å². The Labute approximate surface area is 115 Å². The van der Waals surface area contributed by atoms with Crippen LogP contribution in [0.1, 0.15) is 11.3 Å². The molecule has 0 N–H and O–H groups in total. The first-order valence-electron chi connectivity index (χ1n) is 6.13. The number of benzene rings is 1. The molecule has 0 unspecified atom stereocenters. The van der Waals surface area contributed by atoms with Crippen LogP contribution in [-0.4, -0.2) is 24.0 Å². The van der Waals surface area contributed by atoms with E-state index in [1.165, 1.54) is 6.20 Å². The third-order valence-corrected chi connectivity index (χ3v) is 2.81. The second kappa shape index (κ2) is 5.63. The summed E-state index contributed by atoms with van der Waals surface area (Å²) < 4.78 is 38.0. The van der Waals surface area contributed by atoms with Gasteiger partial charge in [0.05, 0.1) is 0 Å². The number of alkyl halides is 3. The van der Waals surface area contributed by atoms with E-state index in [1.807, 2.05) is 37.2 Å². The molecular formula is C15H15F3N2. The molecule has 2 rings (SSSR count). The highest BCUT2D eigenvalue weighted by molar-refractivity contribution is 5.64. The number of aromatic nitrogens is 1. The van der Waals surface area contributed by atoms with Gasteiger partial charge in [0.25, 0.3) is 0 Å². The number of nitrogens with zero attached hydrogens (tertiary/aromatic N) is 2. The zero-order valence-electron chi connectivity index (χ0n) is 11.3. The second-order valence-corrected chi connectivity index (χ2v) is 4.87. The summed E-state index contributed by atoms with van der Waals surface area (Å²) >= 11 is 0. The predicted octanol–water partition coefficient (Wildman–Crippen LogP) is 3.83. The zero-order valence-corrected chi connectivity index (χ0v) is 11.3. The van der Waals surface area contributed by atoms with E-state index in [9.17, 15) is 13.2 Å². The van der Waals surface area contributed by atoms with Gasteiger partial charge in [0.1, 0.15) is 5.69 Å². The Morgan fingerprint density at radius 3 is 2.40 bits per heavy atom. The monoisotopic (exact) mass is 280 g/mol. The quantitative estimate of drug-likeness (QED) is 0.849. The van der Waals surface area contributed by atoms with Crippen LogP contribution in [0.25, 0.3) is 11.1 Å². The van der Waals surface area contributed by atoms with E-state index in [1.54, 1.807) is 12.1 Å². The lowest BCUT2D eigenvalue weighted by atomic mass is 10.0. The minimum absolute atomic E-state index is 0.521. The van der Waals surface area contributed by atoms with Crippen molar-refractivity contribution in [2.24, 2.45) is 0 Å². The van der Waals surface area contributed by atoms with Gasteiger partial charge in [-0.1, -0.05) is 18.2 Å². The van der Waals surface area contributed by atoms with E-state index in [4.69, 9.17) is 0 Å². The lowest BCUT2D eigenvalue weighted by Gasteiger charge is -2.12. The standard InChI is InChI=1S/C15H15F3N2/c1-20(2)10-11-4-3-5-12(8-11)13-6-7-19-14(9-13)15(16,17)18/h3-9H,10H2,1-2H3. The second-order valence-electron chi connectivity index (χ2n) is 4.87. The van der Waals surface area contributed by atoms with Crippen molar-refractivity contribution in [1.82, 2.24) is 9.88 Å². The number of halogens is 3. The van der Waals surface area contributed by atoms with E-state index in [0.717, 1.165) is 23.7 Å². The maximum absolute atomic E-state index is 12.7. The van der Waals surface area contributed by atoms with Crippen LogP contribution in [0.2, 0.25) is 0 Å². The van der Waals surface area contributed by atoms with Crippen molar-refractivity contribution in [1.29, 1.82) is 0 Å². The SMILES string of the molecule is CN(C)Cc1cccc(-c2ccnc(C(F)(F)F)c2)c1. The summed E-state index contributed by atoms with van der Waals surface area (Å²) in [5, 5.41) is 0. The molecule has 2 nitrogen and oxygen atoms in total. The number of rotatable bonds is 3. The van der Waals surface area contributed by atoms with Crippen molar-refractivity contribution in [3.8, 4) is 11.1 Å². The van der Waals surface area contributed by atoms with Gasteiger partial charge in [-0.15, -0.1) is 0 Å². The van der Waals surface area contributed by atoms with Gasteiger partial charge in [0.15, 0.2) is 0 Å². The molecule has 106 valence electrons. The first-order chi connectivity index (χ1) is 9.36. The minimum atomic E-state index is -4.42. The molecule has 1 heterocycles. The molecule has 0 saturated heterocycles. The molecular weight excluding hydrogens is 265 g/mol. The number of hydrogen-bond donors (Lipinski definition) is 0. The van der Waals surface area contributed by atoms with Crippen molar-refractivity contribution in [3.63, 3.8) is 0 Å². The Morgan fingerprint density at radius 1 is 1.05 bits per heavy atom. The molecule has 5 heteroatoms. The fourth-order valence-electron chi connectivity index (χ4n) is 1.98.